The van der Waals surface area contributed by atoms with Gasteiger partial charge in [-0.2, -0.15) is 0 Å². The molecule has 0 amide bonds. The molecule has 0 atom stereocenters. The first-order chi connectivity index (χ1) is 44.6. The molecule has 0 aliphatic rings. The van der Waals surface area contributed by atoms with Crippen molar-refractivity contribution in [2.75, 3.05) is 62.3 Å². The number of anilines is 12. The molecule has 0 aliphatic heterocycles. The highest BCUT2D eigenvalue weighted by atomic mass is 16.5. The van der Waals surface area contributed by atoms with E-state index in [1.54, 1.807) is 42.7 Å². The zero-order chi connectivity index (χ0) is 62.8. The van der Waals surface area contributed by atoms with Crippen LogP contribution < -0.4 is 48.0 Å². The summed E-state index contributed by atoms with van der Waals surface area (Å²) in [5.41, 5.74) is 17.0. The number of aryl methyl sites for hydroxylation is 2. The summed E-state index contributed by atoms with van der Waals surface area (Å²) in [6.07, 6.45) is 0. The number of methoxy groups -OCH3 is 6. The molecule has 12 aromatic carbocycles. The molecule has 91 heavy (non-hydrogen) atoms. The van der Waals surface area contributed by atoms with Crippen LogP contribution in [0.25, 0.3) is 0 Å². The Morgan fingerprint density at radius 1 is 0.198 bits per heavy atom. The Kier molecular flexibility index (Phi) is 17.8. The van der Waals surface area contributed by atoms with Gasteiger partial charge in [-0.15, -0.1) is 0 Å². The zero-order valence-electron chi connectivity index (χ0n) is 52.5. The van der Waals surface area contributed by atoms with Crippen LogP contribution in [0.2, 0.25) is 0 Å². The van der Waals surface area contributed by atoms with Gasteiger partial charge in [-0.25, -0.2) is 0 Å². The number of ether oxygens (including phenoxy) is 6. The quantitative estimate of drug-likeness (QED) is 0.0613. The van der Waals surface area contributed by atoms with E-state index in [1.807, 2.05) is 72.8 Å². The van der Waals surface area contributed by atoms with Crippen LogP contribution in [0, 0.1) is 13.8 Å². The molecule has 0 N–H and O–H groups in total. The molecule has 0 heterocycles. The second-order valence-corrected chi connectivity index (χ2v) is 22.2. The van der Waals surface area contributed by atoms with Gasteiger partial charge in [0.15, 0.2) is 0 Å². The minimum atomic E-state index is -0.976. The standard InChI is InChI=1S/C81H72N4O6/c1-57-17-9-19-67(49-57)82(68-20-10-18-58(2)50-68)63-41-33-59(34-42-63)81(60-35-43-64(44-36-60)83(69-21-11-27-75(51-69)86-3)70-22-12-28-76(52-70)87-4,61-37-45-65(46-38-61)84(71-23-13-29-77(53-71)88-5)72-24-14-30-78(54-72)89-6)62-39-47-66(48-40-62)85(73-25-15-31-79(55-73)90-7)74-26-16-32-80(56-74)91-8/h9-56H,1-8H3. The minimum Gasteiger partial charge on any atom is -0.497 e. The molecule has 0 aliphatic carbocycles. The first kappa shape index (κ1) is 59.9. The van der Waals surface area contributed by atoms with Gasteiger partial charge in [-0.3, -0.25) is 0 Å². The fraction of sp³-hybridized carbons (Fsp3) is 0.111. The lowest BCUT2D eigenvalue weighted by Gasteiger charge is -2.38. The molecule has 0 bridgehead atoms. The maximum Gasteiger partial charge on any atom is 0.120 e. The van der Waals surface area contributed by atoms with E-state index >= 15 is 0 Å². The topological polar surface area (TPSA) is 68.3 Å². The van der Waals surface area contributed by atoms with Crippen LogP contribution >= 0.6 is 0 Å². The van der Waals surface area contributed by atoms with Gasteiger partial charge in [-0.05, 0) is 193 Å². The van der Waals surface area contributed by atoms with E-state index in [0.29, 0.717) is 0 Å². The van der Waals surface area contributed by atoms with E-state index in [0.717, 1.165) is 125 Å². The van der Waals surface area contributed by atoms with Crippen molar-refractivity contribution in [3.05, 3.63) is 325 Å². The van der Waals surface area contributed by atoms with Crippen LogP contribution in [0.15, 0.2) is 291 Å². The third kappa shape index (κ3) is 12.4. The highest BCUT2D eigenvalue weighted by Gasteiger charge is 2.39. The summed E-state index contributed by atoms with van der Waals surface area (Å²) in [7, 11) is 10.2. The Bertz CT molecular complexity index is 3910. The van der Waals surface area contributed by atoms with Gasteiger partial charge in [0.2, 0.25) is 0 Å². The summed E-state index contributed by atoms with van der Waals surface area (Å²) in [4.78, 5) is 9.04. The van der Waals surface area contributed by atoms with E-state index in [4.69, 9.17) is 28.4 Å². The van der Waals surface area contributed by atoms with E-state index in [-0.39, 0.29) is 0 Å². The molecule has 0 aromatic heterocycles. The first-order valence-corrected chi connectivity index (χ1v) is 30.2. The molecule has 10 heteroatoms. The highest BCUT2D eigenvalue weighted by Crippen LogP contribution is 2.50. The van der Waals surface area contributed by atoms with Crippen molar-refractivity contribution in [1.29, 1.82) is 0 Å². The molecule has 12 rings (SSSR count). The van der Waals surface area contributed by atoms with Gasteiger partial charge < -0.3 is 48.0 Å². The molecule has 10 nitrogen and oxygen atoms in total. The average Bonchev–Trinajstić information content (AvgIpc) is 1.27. The molecular weight excluding hydrogens is 1120 g/mol. The van der Waals surface area contributed by atoms with Crippen LogP contribution in [-0.2, 0) is 5.41 Å². The predicted molar refractivity (Wildman–Crippen MR) is 372 cm³/mol. The molecular formula is C81H72N4O6. The van der Waals surface area contributed by atoms with Crippen molar-refractivity contribution in [3.8, 4) is 34.5 Å². The monoisotopic (exact) mass is 1200 g/mol. The SMILES string of the molecule is COc1cccc(N(c2ccc(C(c3ccc(N(c4cccc(C)c4)c4cccc(C)c4)cc3)(c3ccc(N(c4cccc(OC)c4)c4cccc(OC)c4)cc3)c3ccc(N(c4cccc(OC)c4)c4cccc(OC)c4)cc3)cc2)c2cccc(OC)c2)c1. The van der Waals surface area contributed by atoms with Gasteiger partial charge >= 0.3 is 0 Å². The van der Waals surface area contributed by atoms with Gasteiger partial charge in [0.05, 0.1) is 48.1 Å². The lowest BCUT2D eigenvalue weighted by atomic mass is 9.65. The molecule has 12 aromatic rings. The minimum absolute atomic E-state index is 0.743. The summed E-state index contributed by atoms with van der Waals surface area (Å²) in [6.45, 7) is 4.28. The van der Waals surface area contributed by atoms with Gasteiger partial charge in [-0.1, -0.05) is 109 Å². The molecule has 0 radical (unpaired) electrons. The number of nitrogens with zero attached hydrogens (tertiary/aromatic N) is 4. The van der Waals surface area contributed by atoms with E-state index in [2.05, 4.69) is 252 Å². The van der Waals surface area contributed by atoms with Gasteiger partial charge in [0.25, 0.3) is 0 Å². The Morgan fingerprint density at radius 3 is 0.549 bits per heavy atom. The smallest absolute Gasteiger partial charge is 0.120 e. The largest absolute Gasteiger partial charge is 0.497 e. The Hall–Kier alpha value is -11.4. The van der Waals surface area contributed by atoms with Crippen molar-refractivity contribution < 1.29 is 28.4 Å². The molecule has 452 valence electrons. The Morgan fingerprint density at radius 2 is 0.374 bits per heavy atom. The van der Waals surface area contributed by atoms with Gasteiger partial charge in [0, 0.05) is 105 Å². The van der Waals surface area contributed by atoms with Crippen LogP contribution in [0.4, 0.5) is 68.2 Å². The van der Waals surface area contributed by atoms with Gasteiger partial charge in [0.1, 0.15) is 34.5 Å². The van der Waals surface area contributed by atoms with Crippen molar-refractivity contribution in [3.63, 3.8) is 0 Å². The third-order valence-corrected chi connectivity index (χ3v) is 16.6. The average molecular weight is 1200 g/mol. The van der Waals surface area contributed by atoms with Crippen LogP contribution in [0.5, 0.6) is 34.5 Å². The van der Waals surface area contributed by atoms with E-state index in [9.17, 15) is 0 Å². The van der Waals surface area contributed by atoms with Crippen molar-refractivity contribution >= 4 is 68.2 Å². The molecule has 0 unspecified atom stereocenters. The van der Waals surface area contributed by atoms with E-state index < -0.39 is 5.41 Å². The maximum atomic E-state index is 5.82. The van der Waals surface area contributed by atoms with Crippen LogP contribution in [-0.4, -0.2) is 42.7 Å². The molecule has 0 saturated carbocycles. The normalized spacial score (nSPS) is 11.1. The van der Waals surface area contributed by atoms with Crippen molar-refractivity contribution in [2.45, 2.75) is 19.3 Å². The lowest BCUT2D eigenvalue weighted by Crippen LogP contribution is -2.31. The summed E-state index contributed by atoms with van der Waals surface area (Å²) in [6, 6.07) is 102. The second-order valence-electron chi connectivity index (χ2n) is 22.2. The fourth-order valence-corrected chi connectivity index (χ4v) is 12.3. The van der Waals surface area contributed by atoms with Crippen LogP contribution in [0.3, 0.4) is 0 Å². The number of rotatable bonds is 22. The Labute approximate surface area is 534 Å². The van der Waals surface area contributed by atoms with Crippen molar-refractivity contribution in [2.24, 2.45) is 0 Å². The summed E-state index contributed by atoms with van der Waals surface area (Å²) in [5, 5.41) is 0. The molecule has 0 saturated heterocycles. The summed E-state index contributed by atoms with van der Waals surface area (Å²) < 4.78 is 34.9. The Balaban J connectivity index is 1.12. The lowest BCUT2D eigenvalue weighted by molar-refractivity contribution is 0.414. The highest BCUT2D eigenvalue weighted by molar-refractivity contribution is 5.83. The van der Waals surface area contributed by atoms with E-state index in [1.165, 1.54) is 11.1 Å². The first-order valence-electron chi connectivity index (χ1n) is 30.2. The maximum absolute atomic E-state index is 5.82. The van der Waals surface area contributed by atoms with Crippen molar-refractivity contribution in [1.82, 2.24) is 0 Å². The van der Waals surface area contributed by atoms with Crippen LogP contribution in [0.1, 0.15) is 33.4 Å². The number of hydrogen-bond acceptors (Lipinski definition) is 10. The predicted octanol–water partition coefficient (Wildman–Crippen LogP) is 20.6. The number of hydrogen-bond donors (Lipinski definition) is 0. The summed E-state index contributed by atoms with van der Waals surface area (Å²) in [5.74, 6) is 4.46. The number of benzene rings is 12. The summed E-state index contributed by atoms with van der Waals surface area (Å²) >= 11 is 0. The second kappa shape index (κ2) is 26.9. The zero-order valence-corrected chi connectivity index (χ0v) is 52.5. The fourth-order valence-electron chi connectivity index (χ4n) is 12.3. The molecule has 0 spiro atoms. The third-order valence-electron chi connectivity index (χ3n) is 16.6. The molecule has 0 fully saturated rings.